The van der Waals surface area contributed by atoms with E-state index in [1.165, 1.54) is 25.6 Å². The number of allylic oxidation sites excluding steroid dienone is 2. The Bertz CT molecular complexity index is 1210. The molecule has 8 atom stereocenters. The zero-order valence-electron chi connectivity index (χ0n) is 26.2. The van der Waals surface area contributed by atoms with Crippen LogP contribution < -0.4 is 5.32 Å². The first kappa shape index (κ1) is 35.8. The lowest BCUT2D eigenvalue weighted by molar-refractivity contribution is -0.345. The van der Waals surface area contributed by atoms with E-state index >= 15 is 0 Å². The van der Waals surface area contributed by atoms with Crippen LogP contribution in [0.1, 0.15) is 32.1 Å². The lowest BCUT2D eigenvalue weighted by Crippen LogP contribution is -2.61. The summed E-state index contributed by atoms with van der Waals surface area (Å²) in [6.07, 6.45) is 7.17. The normalized spacial score (nSPS) is 31.9. The van der Waals surface area contributed by atoms with E-state index in [-0.39, 0.29) is 31.0 Å². The van der Waals surface area contributed by atoms with Crippen LogP contribution in [0.4, 0.5) is 0 Å². The molecule has 1 saturated carbocycles. The monoisotopic (exact) mass is 650 g/mol. The molecule has 256 valence electrons. The van der Waals surface area contributed by atoms with Crippen molar-refractivity contribution in [1.82, 2.24) is 10.2 Å². The molecule has 14 nitrogen and oxygen atoms in total. The van der Waals surface area contributed by atoms with Crippen molar-refractivity contribution in [3.8, 4) is 0 Å². The smallest absolute Gasteiger partial charge is 0.337 e. The fourth-order valence-corrected chi connectivity index (χ4v) is 6.10. The zero-order valence-corrected chi connectivity index (χ0v) is 26.2. The molecule has 3 heterocycles. The van der Waals surface area contributed by atoms with E-state index in [9.17, 15) is 35.1 Å². The van der Waals surface area contributed by atoms with E-state index in [1.54, 1.807) is 24.1 Å². The summed E-state index contributed by atoms with van der Waals surface area (Å²) in [5.41, 5.74) is 2.07. The number of hydrogen-bond acceptors (Lipinski definition) is 13. The van der Waals surface area contributed by atoms with Gasteiger partial charge in [0.1, 0.15) is 24.4 Å². The Hall–Kier alpha value is -3.08. The first-order chi connectivity index (χ1) is 22.2. The number of carbonyl (C=O) groups is 2. The topological polar surface area (TPSA) is 197 Å². The quantitative estimate of drug-likeness (QED) is 0.0904. The number of esters is 1. The molecule has 0 amide bonds. The lowest BCUT2D eigenvalue weighted by atomic mass is 9.80. The van der Waals surface area contributed by atoms with Gasteiger partial charge in [-0.15, -0.1) is 0 Å². The van der Waals surface area contributed by atoms with Gasteiger partial charge >= 0.3 is 11.9 Å². The summed E-state index contributed by atoms with van der Waals surface area (Å²) in [5.74, 6) is -3.00. The van der Waals surface area contributed by atoms with Gasteiger partial charge in [0, 0.05) is 25.2 Å². The first-order valence-corrected chi connectivity index (χ1v) is 15.6. The molecule has 0 aromatic heterocycles. The number of methoxy groups -OCH3 is 1. The molecular formula is C32H46N2O12. The van der Waals surface area contributed by atoms with Gasteiger partial charge < -0.3 is 54.1 Å². The number of aliphatic hydroxyl groups is 4. The summed E-state index contributed by atoms with van der Waals surface area (Å²) in [5, 5.41) is 53.1. The summed E-state index contributed by atoms with van der Waals surface area (Å²) in [7, 11) is 2.91. The first-order valence-electron chi connectivity index (χ1n) is 15.6. The second-order valence-corrected chi connectivity index (χ2v) is 11.7. The highest BCUT2D eigenvalue weighted by Gasteiger charge is 2.48. The average molecular weight is 651 g/mol. The highest BCUT2D eigenvalue weighted by atomic mass is 16.8. The molecule has 8 unspecified atom stereocenters. The Balaban J connectivity index is 1.72. The molecule has 4 rings (SSSR count). The molecule has 14 heteroatoms. The van der Waals surface area contributed by atoms with Gasteiger partial charge in [0.25, 0.3) is 0 Å². The molecular weight excluding hydrogens is 604 g/mol. The third kappa shape index (κ3) is 8.83. The van der Waals surface area contributed by atoms with Crippen molar-refractivity contribution in [3.63, 3.8) is 0 Å². The number of rotatable bonds is 13. The van der Waals surface area contributed by atoms with Gasteiger partial charge in [-0.05, 0) is 44.4 Å². The average Bonchev–Trinajstić information content (AvgIpc) is 3.06. The summed E-state index contributed by atoms with van der Waals surface area (Å²) in [6, 6.07) is 0. The SMILES string of the molecule is CNCOC1C(OC2OC=C(C(=O)OC)C(C=CC3=CC(C(=O)O)=CN(CCO)C3)C2C=C2CCCCC2)OC(CO)C(O)C1O. The number of carbonyl (C=O) groups excluding carboxylic acids is 1. The molecule has 0 aromatic carbocycles. The molecule has 46 heavy (non-hydrogen) atoms. The number of β-amino-alcohol motifs (C(OH)–C–C–N with tert-alkyl or cyclic N) is 1. The Morgan fingerprint density at radius 2 is 1.89 bits per heavy atom. The predicted octanol–water partition coefficient (Wildman–Crippen LogP) is 0.299. The van der Waals surface area contributed by atoms with E-state index in [0.29, 0.717) is 12.1 Å². The minimum Gasteiger partial charge on any atom is -0.478 e. The predicted molar refractivity (Wildman–Crippen MR) is 162 cm³/mol. The van der Waals surface area contributed by atoms with Crippen molar-refractivity contribution < 1.29 is 58.8 Å². The van der Waals surface area contributed by atoms with E-state index < -0.39 is 67.4 Å². The second kappa shape index (κ2) is 17.2. The van der Waals surface area contributed by atoms with Crippen LogP contribution in [0, 0.1) is 11.8 Å². The van der Waals surface area contributed by atoms with Gasteiger partial charge in [-0.3, -0.25) is 5.32 Å². The molecule has 6 N–H and O–H groups in total. The summed E-state index contributed by atoms with van der Waals surface area (Å²) < 4.78 is 29.0. The lowest BCUT2D eigenvalue weighted by Gasteiger charge is -2.44. The maximum Gasteiger partial charge on any atom is 0.337 e. The number of nitrogens with one attached hydrogen (secondary N) is 1. The summed E-state index contributed by atoms with van der Waals surface area (Å²) in [4.78, 5) is 26.5. The van der Waals surface area contributed by atoms with Crippen molar-refractivity contribution >= 4 is 11.9 Å². The Morgan fingerprint density at radius 1 is 1.13 bits per heavy atom. The number of nitrogens with zero attached hydrogens (tertiary/aromatic N) is 1. The van der Waals surface area contributed by atoms with Crippen LogP contribution in [0.5, 0.6) is 0 Å². The number of hydrogen-bond donors (Lipinski definition) is 6. The summed E-state index contributed by atoms with van der Waals surface area (Å²) >= 11 is 0. The van der Waals surface area contributed by atoms with Crippen LogP contribution in [0.2, 0.25) is 0 Å². The molecule has 1 aliphatic carbocycles. The number of aliphatic carboxylic acids is 1. The third-order valence-corrected chi connectivity index (χ3v) is 8.48. The molecule has 1 saturated heterocycles. The number of carboxylic acid groups (broad SMARTS) is 1. The minimum absolute atomic E-state index is 0.00735. The fourth-order valence-electron chi connectivity index (χ4n) is 6.10. The highest BCUT2D eigenvalue weighted by molar-refractivity contribution is 5.90. The van der Waals surface area contributed by atoms with Crippen molar-refractivity contribution in [3.05, 3.63) is 59.1 Å². The number of ether oxygens (including phenoxy) is 5. The van der Waals surface area contributed by atoms with E-state index in [1.807, 2.05) is 6.08 Å². The molecule has 4 aliphatic rings. The molecule has 2 fully saturated rings. The van der Waals surface area contributed by atoms with Gasteiger partial charge in [-0.2, -0.15) is 0 Å². The van der Waals surface area contributed by atoms with E-state index in [4.69, 9.17) is 23.7 Å². The highest BCUT2D eigenvalue weighted by Crippen LogP contribution is 2.39. The number of aliphatic hydroxyl groups excluding tert-OH is 4. The van der Waals surface area contributed by atoms with E-state index in [0.717, 1.165) is 37.7 Å². The van der Waals surface area contributed by atoms with Gasteiger partial charge in [-0.1, -0.05) is 30.2 Å². The molecule has 3 aliphatic heterocycles. The largest absolute Gasteiger partial charge is 0.478 e. The van der Waals surface area contributed by atoms with Crippen molar-refractivity contribution in [1.29, 1.82) is 0 Å². The minimum atomic E-state index is -1.45. The Kier molecular flexibility index (Phi) is 13.4. The fraction of sp³-hybridized carbons (Fsp3) is 0.625. The van der Waals surface area contributed by atoms with Gasteiger partial charge in [0.15, 0.2) is 6.29 Å². The molecule has 0 radical (unpaired) electrons. The third-order valence-electron chi connectivity index (χ3n) is 8.48. The van der Waals surface area contributed by atoms with Crippen LogP contribution in [-0.4, -0.2) is 127 Å². The van der Waals surface area contributed by atoms with Crippen molar-refractivity contribution in [2.75, 3.05) is 47.2 Å². The van der Waals surface area contributed by atoms with Crippen LogP contribution in [0.25, 0.3) is 0 Å². The van der Waals surface area contributed by atoms with Gasteiger partial charge in [-0.25, -0.2) is 9.59 Å². The molecule has 0 aromatic rings. The Morgan fingerprint density at radius 3 is 2.54 bits per heavy atom. The van der Waals surface area contributed by atoms with Crippen LogP contribution in [0.15, 0.2) is 59.1 Å². The Labute approximate surface area is 268 Å². The van der Waals surface area contributed by atoms with E-state index in [2.05, 4.69) is 5.32 Å². The second-order valence-electron chi connectivity index (χ2n) is 11.7. The maximum atomic E-state index is 13.0. The van der Waals surface area contributed by atoms with Crippen LogP contribution in [0.3, 0.4) is 0 Å². The van der Waals surface area contributed by atoms with Gasteiger partial charge in [0.2, 0.25) is 6.29 Å². The van der Waals surface area contributed by atoms with Crippen LogP contribution >= 0.6 is 0 Å². The van der Waals surface area contributed by atoms with Crippen molar-refractivity contribution in [2.24, 2.45) is 11.8 Å². The van der Waals surface area contributed by atoms with Crippen molar-refractivity contribution in [2.45, 2.75) is 69.1 Å². The number of carboxylic acids is 1. The summed E-state index contributed by atoms with van der Waals surface area (Å²) in [6.45, 7) is -0.153. The zero-order chi connectivity index (χ0) is 33.2. The molecule has 0 spiro atoms. The van der Waals surface area contributed by atoms with Crippen LogP contribution in [-0.2, 0) is 33.3 Å². The van der Waals surface area contributed by atoms with Gasteiger partial charge in [0.05, 0.1) is 50.4 Å². The molecule has 0 bridgehead atoms. The standard InChI is InChI=1S/C32H46N2O12/c1-33-18-44-28-27(38)26(37)25(16-36)45-32(28)46-31-23(13-19-6-4-3-5-7-19)22(24(17-43-31)30(41)42-2)9-8-20-12-21(29(39)40)15-34(14-20)10-11-35/h8-9,12-13,15,17,22-23,25-28,31-33,35-38H,3-7,10-11,14,16,18H2,1-2H3,(H,39,40). The maximum absolute atomic E-state index is 13.0.